The summed E-state index contributed by atoms with van der Waals surface area (Å²) in [6, 6.07) is 9.76. The van der Waals surface area contributed by atoms with Crippen LogP contribution in [0.15, 0.2) is 30.3 Å². The van der Waals surface area contributed by atoms with E-state index in [9.17, 15) is 5.11 Å². The van der Waals surface area contributed by atoms with Crippen molar-refractivity contribution in [2.24, 2.45) is 0 Å². The average Bonchev–Trinajstić information content (AvgIpc) is 3.24. The van der Waals surface area contributed by atoms with Gasteiger partial charge in [-0.1, -0.05) is 30.3 Å². The van der Waals surface area contributed by atoms with Crippen LogP contribution in [0.25, 0.3) is 16.9 Å². The Bertz CT molecular complexity index is 935. The number of benzene rings is 1. The lowest BCUT2D eigenvalue weighted by Gasteiger charge is -2.11. The predicted octanol–water partition coefficient (Wildman–Crippen LogP) is 1.93. The highest BCUT2D eigenvalue weighted by Gasteiger charge is 2.33. The van der Waals surface area contributed by atoms with Crippen LogP contribution in [0.5, 0.6) is 5.88 Å². The van der Waals surface area contributed by atoms with Crippen LogP contribution in [-0.4, -0.2) is 10.1 Å². The maximum atomic E-state index is 12.8. The van der Waals surface area contributed by atoms with Crippen molar-refractivity contribution in [2.75, 3.05) is 0 Å². The van der Waals surface area contributed by atoms with Crippen molar-refractivity contribution in [1.82, 2.24) is 10.1 Å². The highest BCUT2D eigenvalue weighted by atomic mass is 16.3. The first-order valence-corrected chi connectivity index (χ1v) is 8.35. The first-order chi connectivity index (χ1) is 11.3. The molecule has 0 saturated heterocycles. The van der Waals surface area contributed by atoms with Crippen LogP contribution in [0.3, 0.4) is 0 Å². The molecule has 2 aliphatic carbocycles. The molecule has 3 aromatic rings. The monoisotopic (exact) mass is 303 g/mol. The fourth-order valence-electron chi connectivity index (χ4n) is 4.19. The zero-order valence-electron chi connectivity index (χ0n) is 12.9. The molecule has 23 heavy (non-hydrogen) atoms. The number of nitrogens with zero attached hydrogens (tertiary/aromatic N) is 3. The summed E-state index contributed by atoms with van der Waals surface area (Å²) in [6.45, 7) is 0. The zero-order chi connectivity index (χ0) is 15.4. The minimum absolute atomic E-state index is 0.133. The first kappa shape index (κ1) is 13.0. The van der Waals surface area contributed by atoms with Crippen molar-refractivity contribution in [3.05, 3.63) is 52.7 Å². The zero-order valence-corrected chi connectivity index (χ0v) is 12.9. The van der Waals surface area contributed by atoms with Crippen LogP contribution in [0.4, 0.5) is 0 Å². The van der Waals surface area contributed by atoms with Crippen LogP contribution in [0.2, 0.25) is 0 Å². The van der Waals surface area contributed by atoms with E-state index in [2.05, 4.69) is 4.98 Å². The van der Waals surface area contributed by atoms with Gasteiger partial charge in [0.1, 0.15) is 0 Å². The van der Waals surface area contributed by atoms with E-state index in [1.54, 1.807) is 0 Å². The Morgan fingerprint density at radius 3 is 2.48 bits per heavy atom. The van der Waals surface area contributed by atoms with Crippen LogP contribution in [-0.2, 0) is 25.7 Å². The number of fused-ring (bicyclic) bond motifs is 6. The lowest BCUT2D eigenvalue weighted by molar-refractivity contribution is -0.592. The third kappa shape index (κ3) is 1.81. The molecule has 0 bridgehead atoms. The highest BCUT2D eigenvalue weighted by molar-refractivity contribution is 5.64. The predicted molar refractivity (Wildman–Crippen MR) is 84.1 cm³/mol. The summed E-state index contributed by atoms with van der Waals surface area (Å²) in [4.78, 5) is 4.29. The third-order valence-electron chi connectivity index (χ3n) is 5.16. The van der Waals surface area contributed by atoms with E-state index in [0.29, 0.717) is 5.82 Å². The second kappa shape index (κ2) is 4.75. The summed E-state index contributed by atoms with van der Waals surface area (Å²) < 4.78 is 1.92. The second-order valence-corrected chi connectivity index (χ2v) is 6.46. The van der Waals surface area contributed by atoms with E-state index in [-0.39, 0.29) is 5.88 Å². The van der Waals surface area contributed by atoms with Gasteiger partial charge in [0.15, 0.2) is 0 Å². The van der Waals surface area contributed by atoms with E-state index in [1.165, 1.54) is 22.4 Å². The highest BCUT2D eigenvalue weighted by Crippen LogP contribution is 2.35. The quantitative estimate of drug-likeness (QED) is 0.646. The molecular weight excluding hydrogens is 286 g/mol. The minimum Gasteiger partial charge on any atom is -0.854 e. The van der Waals surface area contributed by atoms with E-state index >= 15 is 0 Å². The Kier molecular flexibility index (Phi) is 2.68. The molecule has 2 aliphatic rings. The van der Waals surface area contributed by atoms with Crippen LogP contribution < -0.4 is 9.62 Å². The van der Waals surface area contributed by atoms with Gasteiger partial charge >= 0.3 is 0 Å². The SMILES string of the molecule is [O-]c1nc(-c2ccccc2)n[n+]2c3c(c4c(c12)CCC4)CCC3. The van der Waals surface area contributed by atoms with Gasteiger partial charge in [-0.05, 0) is 42.2 Å². The van der Waals surface area contributed by atoms with Gasteiger partial charge in [-0.2, -0.15) is 0 Å². The molecule has 4 nitrogen and oxygen atoms in total. The summed E-state index contributed by atoms with van der Waals surface area (Å²) >= 11 is 0. The molecule has 0 aliphatic heterocycles. The van der Waals surface area contributed by atoms with Gasteiger partial charge in [0.2, 0.25) is 11.5 Å². The Balaban J connectivity index is 1.87. The van der Waals surface area contributed by atoms with Gasteiger partial charge in [0.25, 0.3) is 5.52 Å². The van der Waals surface area contributed by atoms with Crippen LogP contribution in [0, 0.1) is 0 Å². The van der Waals surface area contributed by atoms with Gasteiger partial charge in [-0.3, -0.25) is 0 Å². The topological polar surface area (TPSA) is 52.9 Å². The van der Waals surface area contributed by atoms with Crippen molar-refractivity contribution in [3.8, 4) is 17.3 Å². The van der Waals surface area contributed by atoms with Crippen molar-refractivity contribution < 1.29 is 9.62 Å². The molecule has 0 amide bonds. The number of rotatable bonds is 1. The maximum Gasteiger partial charge on any atom is 0.252 e. The molecule has 5 rings (SSSR count). The lowest BCUT2D eigenvalue weighted by atomic mass is 10.0. The van der Waals surface area contributed by atoms with Crippen molar-refractivity contribution in [3.63, 3.8) is 0 Å². The molecule has 1 aromatic carbocycles. The van der Waals surface area contributed by atoms with E-state index in [0.717, 1.165) is 49.6 Å². The fourth-order valence-corrected chi connectivity index (χ4v) is 4.19. The first-order valence-electron chi connectivity index (χ1n) is 8.35. The Morgan fingerprint density at radius 1 is 0.870 bits per heavy atom. The minimum atomic E-state index is -0.133. The number of aromatic nitrogens is 3. The summed E-state index contributed by atoms with van der Waals surface area (Å²) in [5.74, 6) is 0.395. The van der Waals surface area contributed by atoms with Crippen molar-refractivity contribution in [2.45, 2.75) is 38.5 Å². The van der Waals surface area contributed by atoms with Gasteiger partial charge < -0.3 is 5.11 Å². The van der Waals surface area contributed by atoms with E-state index in [4.69, 9.17) is 5.10 Å². The molecule has 0 saturated carbocycles. The van der Waals surface area contributed by atoms with E-state index in [1.807, 2.05) is 34.8 Å². The molecule has 0 fully saturated rings. The smallest absolute Gasteiger partial charge is 0.252 e. The van der Waals surface area contributed by atoms with Gasteiger partial charge in [0.05, 0.1) is 5.88 Å². The molecule has 0 unspecified atom stereocenters. The van der Waals surface area contributed by atoms with Gasteiger partial charge in [-0.15, -0.1) is 0 Å². The molecule has 0 radical (unpaired) electrons. The molecule has 2 aromatic heterocycles. The largest absolute Gasteiger partial charge is 0.854 e. The van der Waals surface area contributed by atoms with E-state index < -0.39 is 0 Å². The number of hydrogen-bond donors (Lipinski definition) is 0. The van der Waals surface area contributed by atoms with Crippen LogP contribution >= 0.6 is 0 Å². The number of hydrogen-bond acceptors (Lipinski definition) is 3. The summed E-state index contributed by atoms with van der Waals surface area (Å²) in [5.41, 5.74) is 6.93. The summed E-state index contributed by atoms with van der Waals surface area (Å²) in [7, 11) is 0. The van der Waals surface area contributed by atoms with Crippen LogP contribution in [0.1, 0.15) is 35.2 Å². The number of aryl methyl sites for hydroxylation is 2. The molecular formula is C19H17N3O. The normalized spacial score (nSPS) is 15.8. The molecule has 2 heterocycles. The molecule has 0 spiro atoms. The fraction of sp³-hybridized carbons (Fsp3) is 0.316. The molecule has 4 heteroatoms. The molecule has 114 valence electrons. The third-order valence-corrected chi connectivity index (χ3v) is 5.16. The second-order valence-electron chi connectivity index (χ2n) is 6.46. The Labute approximate surface area is 134 Å². The van der Waals surface area contributed by atoms with Gasteiger partial charge in [-0.25, -0.2) is 4.98 Å². The standard InChI is InChI=1S/C19H17N3O/c23-19-17-15-10-4-8-13(15)14-9-5-11-16(14)22(17)21-18(20-19)12-6-2-1-3-7-12/h1-3,6-7H,4-5,8-11H2. The summed E-state index contributed by atoms with van der Waals surface area (Å²) in [5, 5.41) is 17.5. The van der Waals surface area contributed by atoms with Crippen molar-refractivity contribution in [1.29, 1.82) is 0 Å². The Morgan fingerprint density at radius 2 is 1.61 bits per heavy atom. The van der Waals surface area contributed by atoms with Gasteiger partial charge in [0, 0.05) is 28.2 Å². The Hall–Kier alpha value is -2.49. The average molecular weight is 303 g/mol. The molecule has 0 N–H and O–H groups in total. The maximum absolute atomic E-state index is 12.8. The number of pyridine rings is 1. The summed E-state index contributed by atoms with van der Waals surface area (Å²) in [6.07, 6.45) is 6.52. The van der Waals surface area contributed by atoms with Crippen molar-refractivity contribution >= 4 is 5.52 Å². The molecule has 0 atom stereocenters. The lowest BCUT2D eigenvalue weighted by Crippen LogP contribution is -2.36.